The molecule has 0 saturated carbocycles. The summed E-state index contributed by atoms with van der Waals surface area (Å²) in [5.74, 6) is -0.133. The van der Waals surface area contributed by atoms with Crippen LogP contribution in [0.1, 0.15) is 34.0 Å². The molecule has 0 saturated heterocycles. The summed E-state index contributed by atoms with van der Waals surface area (Å²) in [4.78, 5) is 13.5. The predicted molar refractivity (Wildman–Crippen MR) is 94.3 cm³/mol. The lowest BCUT2D eigenvalue weighted by atomic mass is 10.1. The molecule has 7 heteroatoms. The quantitative estimate of drug-likeness (QED) is 0.747. The van der Waals surface area contributed by atoms with Crippen molar-refractivity contribution in [3.63, 3.8) is 0 Å². The molecule has 0 bridgehead atoms. The summed E-state index contributed by atoms with van der Waals surface area (Å²) >= 11 is 0. The van der Waals surface area contributed by atoms with Crippen molar-refractivity contribution in [2.75, 3.05) is 13.2 Å². The summed E-state index contributed by atoms with van der Waals surface area (Å²) in [6.45, 7) is 2.43. The number of ether oxygens (including phenoxy) is 1. The van der Waals surface area contributed by atoms with Gasteiger partial charge < -0.3 is 9.64 Å². The van der Waals surface area contributed by atoms with Crippen LogP contribution in [0.2, 0.25) is 0 Å². The van der Waals surface area contributed by atoms with E-state index in [1.807, 2.05) is 13.0 Å². The van der Waals surface area contributed by atoms with Gasteiger partial charge in [-0.25, -0.2) is 0 Å². The lowest BCUT2D eigenvalue weighted by Crippen LogP contribution is -2.38. The second-order valence-electron chi connectivity index (χ2n) is 6.00. The number of rotatable bonds is 6. The molecule has 2 aromatic rings. The van der Waals surface area contributed by atoms with Gasteiger partial charge in [-0.15, -0.1) is 0 Å². The number of carbonyl (C=O) groups is 1. The molecule has 2 aromatic carbocycles. The number of halogens is 3. The number of benzene rings is 2. The van der Waals surface area contributed by atoms with Gasteiger partial charge in [-0.3, -0.25) is 4.79 Å². The van der Waals surface area contributed by atoms with Crippen LogP contribution in [0.4, 0.5) is 13.2 Å². The summed E-state index contributed by atoms with van der Waals surface area (Å²) in [5, 5.41) is 8.81. The molecule has 0 aliphatic heterocycles. The molecule has 142 valence electrons. The minimum atomic E-state index is -4.53. The van der Waals surface area contributed by atoms with E-state index in [9.17, 15) is 18.0 Å². The minimum absolute atomic E-state index is 0.161. The second kappa shape index (κ2) is 8.58. The van der Waals surface area contributed by atoms with Gasteiger partial charge in [0.15, 0.2) is 0 Å². The molecule has 0 atom stereocenters. The van der Waals surface area contributed by atoms with E-state index in [0.29, 0.717) is 29.0 Å². The molecule has 1 amide bonds. The maximum absolute atomic E-state index is 13.0. The van der Waals surface area contributed by atoms with Gasteiger partial charge in [0.1, 0.15) is 12.3 Å². The Labute approximate surface area is 155 Å². The van der Waals surface area contributed by atoms with E-state index in [-0.39, 0.29) is 12.1 Å². The molecule has 4 nitrogen and oxygen atoms in total. The number of hydrogen-bond acceptors (Lipinski definition) is 3. The fraction of sp³-hybridized carbons (Fsp3) is 0.300. The molecule has 0 radical (unpaired) electrons. The number of nitrogens with zero attached hydrogens (tertiary/aromatic N) is 2. The average molecular weight is 376 g/mol. The van der Waals surface area contributed by atoms with Gasteiger partial charge >= 0.3 is 6.18 Å². The molecule has 27 heavy (non-hydrogen) atoms. The van der Waals surface area contributed by atoms with Gasteiger partial charge in [0, 0.05) is 12.1 Å². The molecule has 0 aromatic heterocycles. The van der Waals surface area contributed by atoms with Crippen molar-refractivity contribution in [3.8, 4) is 11.8 Å². The lowest BCUT2D eigenvalue weighted by Gasteiger charge is -2.24. The fourth-order valence-corrected chi connectivity index (χ4v) is 2.60. The highest BCUT2D eigenvalue weighted by molar-refractivity contribution is 5.94. The molecule has 0 aliphatic carbocycles. The fourth-order valence-electron chi connectivity index (χ4n) is 2.60. The van der Waals surface area contributed by atoms with Crippen molar-refractivity contribution in [2.24, 2.45) is 0 Å². The molecule has 0 N–H and O–H groups in total. The maximum Gasteiger partial charge on any atom is 0.406 e. The van der Waals surface area contributed by atoms with E-state index < -0.39 is 18.6 Å². The van der Waals surface area contributed by atoms with Gasteiger partial charge in [-0.05, 0) is 55.3 Å². The highest BCUT2D eigenvalue weighted by Crippen LogP contribution is 2.23. The number of amides is 1. The summed E-state index contributed by atoms with van der Waals surface area (Å²) in [6.07, 6.45) is -4.53. The first-order valence-corrected chi connectivity index (χ1v) is 8.32. The summed E-state index contributed by atoms with van der Waals surface area (Å²) < 4.78 is 44.4. The highest BCUT2D eigenvalue weighted by Gasteiger charge is 2.33. The molecule has 0 unspecified atom stereocenters. The molecule has 0 aliphatic rings. The van der Waals surface area contributed by atoms with Crippen LogP contribution < -0.4 is 4.74 Å². The standard InChI is InChI=1S/C20H19F3N2O2/c1-3-27-18-9-8-17(10-14(18)2)19(26)25(13-20(21,22)23)12-16-6-4-15(11-24)5-7-16/h4-10H,3,12-13H2,1-2H3. The number of alkyl halides is 3. The Morgan fingerprint density at radius 2 is 1.85 bits per heavy atom. The van der Waals surface area contributed by atoms with Crippen LogP contribution in [0.5, 0.6) is 5.75 Å². The zero-order chi connectivity index (χ0) is 20.0. The third-order valence-corrected chi connectivity index (χ3v) is 3.84. The molecule has 0 fully saturated rings. The Balaban J connectivity index is 2.28. The van der Waals surface area contributed by atoms with Crippen LogP contribution in [-0.4, -0.2) is 30.1 Å². The first kappa shape index (κ1) is 20.3. The smallest absolute Gasteiger partial charge is 0.406 e. The third kappa shape index (κ3) is 5.74. The summed E-state index contributed by atoms with van der Waals surface area (Å²) in [7, 11) is 0. The van der Waals surface area contributed by atoms with E-state index >= 15 is 0 Å². The van der Waals surface area contributed by atoms with Gasteiger partial charge in [0.2, 0.25) is 0 Å². The first-order chi connectivity index (χ1) is 12.7. The van der Waals surface area contributed by atoms with E-state index in [4.69, 9.17) is 10.00 Å². The monoisotopic (exact) mass is 376 g/mol. The van der Waals surface area contributed by atoms with Crippen molar-refractivity contribution in [1.82, 2.24) is 4.90 Å². The second-order valence-corrected chi connectivity index (χ2v) is 6.00. The Morgan fingerprint density at radius 1 is 1.19 bits per heavy atom. The molecular formula is C20H19F3N2O2. The highest BCUT2D eigenvalue weighted by atomic mass is 19.4. The zero-order valence-electron chi connectivity index (χ0n) is 15.0. The average Bonchev–Trinajstić information content (AvgIpc) is 2.62. The Kier molecular flexibility index (Phi) is 6.45. The van der Waals surface area contributed by atoms with Crippen LogP contribution in [-0.2, 0) is 6.54 Å². The number of aryl methyl sites for hydroxylation is 1. The largest absolute Gasteiger partial charge is 0.494 e. The minimum Gasteiger partial charge on any atom is -0.494 e. The van der Waals surface area contributed by atoms with Crippen LogP contribution in [0, 0.1) is 18.3 Å². The van der Waals surface area contributed by atoms with Gasteiger partial charge in [-0.1, -0.05) is 12.1 Å². The normalized spacial score (nSPS) is 11.0. The maximum atomic E-state index is 13.0. The van der Waals surface area contributed by atoms with Crippen LogP contribution in [0.25, 0.3) is 0 Å². The van der Waals surface area contributed by atoms with Gasteiger partial charge in [0.25, 0.3) is 5.91 Å². The number of carbonyl (C=O) groups excluding carboxylic acids is 1. The van der Waals surface area contributed by atoms with Crippen molar-refractivity contribution < 1.29 is 22.7 Å². The van der Waals surface area contributed by atoms with Gasteiger partial charge in [-0.2, -0.15) is 18.4 Å². The molecule has 0 spiro atoms. The van der Waals surface area contributed by atoms with E-state index in [1.165, 1.54) is 24.3 Å². The Morgan fingerprint density at radius 3 is 2.37 bits per heavy atom. The van der Waals surface area contributed by atoms with Crippen molar-refractivity contribution in [3.05, 3.63) is 64.7 Å². The summed E-state index contributed by atoms with van der Waals surface area (Å²) in [6, 6.07) is 12.6. The first-order valence-electron chi connectivity index (χ1n) is 8.32. The third-order valence-electron chi connectivity index (χ3n) is 3.84. The number of nitriles is 1. The SMILES string of the molecule is CCOc1ccc(C(=O)N(Cc2ccc(C#N)cc2)CC(F)(F)F)cc1C. The van der Waals surface area contributed by atoms with Gasteiger partial charge in [0.05, 0.1) is 18.2 Å². The van der Waals surface area contributed by atoms with E-state index in [2.05, 4.69) is 0 Å². The van der Waals surface area contributed by atoms with E-state index in [1.54, 1.807) is 25.1 Å². The van der Waals surface area contributed by atoms with Crippen molar-refractivity contribution in [2.45, 2.75) is 26.6 Å². The van der Waals surface area contributed by atoms with Crippen molar-refractivity contribution >= 4 is 5.91 Å². The van der Waals surface area contributed by atoms with Crippen LogP contribution in [0.3, 0.4) is 0 Å². The lowest BCUT2D eigenvalue weighted by molar-refractivity contribution is -0.141. The molecule has 2 rings (SSSR count). The van der Waals surface area contributed by atoms with E-state index in [0.717, 1.165) is 4.90 Å². The Bertz CT molecular complexity index is 840. The molecular weight excluding hydrogens is 357 g/mol. The summed E-state index contributed by atoms with van der Waals surface area (Å²) in [5.41, 5.74) is 1.74. The predicted octanol–water partition coefficient (Wildman–Crippen LogP) is 4.47. The Hall–Kier alpha value is -3.01. The zero-order valence-corrected chi connectivity index (χ0v) is 15.0. The van der Waals surface area contributed by atoms with Crippen molar-refractivity contribution in [1.29, 1.82) is 5.26 Å². The number of hydrogen-bond donors (Lipinski definition) is 0. The molecule has 0 heterocycles. The van der Waals surface area contributed by atoms with Crippen LogP contribution >= 0.6 is 0 Å². The van der Waals surface area contributed by atoms with Crippen LogP contribution in [0.15, 0.2) is 42.5 Å². The topological polar surface area (TPSA) is 53.3 Å².